The molecule has 0 bridgehead atoms. The van der Waals surface area contributed by atoms with Crippen molar-refractivity contribution in [2.45, 2.75) is 38.8 Å². The number of nitrogens with one attached hydrogen (secondary N) is 1. The molecule has 0 saturated carbocycles. The molecule has 1 aromatic heterocycles. The van der Waals surface area contributed by atoms with Crippen LogP contribution in [0.15, 0.2) is 12.3 Å². The number of aromatic nitrogens is 2. The van der Waals surface area contributed by atoms with Crippen LogP contribution in [0, 0.1) is 0 Å². The zero-order chi connectivity index (χ0) is 12.0. The van der Waals surface area contributed by atoms with E-state index in [1.54, 1.807) is 7.11 Å². The predicted molar refractivity (Wildman–Crippen MR) is 65.5 cm³/mol. The van der Waals surface area contributed by atoms with Crippen molar-refractivity contribution in [2.75, 3.05) is 13.7 Å². The molecule has 1 aromatic rings. The van der Waals surface area contributed by atoms with E-state index in [1.807, 2.05) is 17.9 Å². The highest BCUT2D eigenvalue weighted by Gasteiger charge is 2.13. The summed E-state index contributed by atoms with van der Waals surface area (Å²) >= 11 is 0. The quantitative estimate of drug-likeness (QED) is 0.761. The van der Waals surface area contributed by atoms with Gasteiger partial charge in [-0.2, -0.15) is 5.10 Å². The Labute approximate surface area is 98.0 Å². The summed E-state index contributed by atoms with van der Waals surface area (Å²) in [7, 11) is 3.71. The summed E-state index contributed by atoms with van der Waals surface area (Å²) in [6.45, 7) is 5.21. The lowest BCUT2D eigenvalue weighted by Crippen LogP contribution is -2.34. The molecule has 0 aliphatic carbocycles. The predicted octanol–water partition coefficient (Wildman–Crippen LogP) is 1.37. The summed E-state index contributed by atoms with van der Waals surface area (Å²) in [6.07, 6.45) is 4.24. The lowest BCUT2D eigenvalue weighted by atomic mass is 10.0. The maximum atomic E-state index is 5.30. The summed E-state index contributed by atoms with van der Waals surface area (Å²) in [5.41, 5.74) is 1.14. The van der Waals surface area contributed by atoms with E-state index in [1.165, 1.54) is 0 Å². The molecule has 1 rings (SSSR count). The van der Waals surface area contributed by atoms with Crippen LogP contribution in [0.2, 0.25) is 0 Å². The molecule has 0 aliphatic heterocycles. The van der Waals surface area contributed by atoms with E-state index in [9.17, 15) is 0 Å². The van der Waals surface area contributed by atoms with Crippen LogP contribution < -0.4 is 5.32 Å². The zero-order valence-electron chi connectivity index (χ0n) is 10.7. The largest absolute Gasteiger partial charge is 0.382 e. The SMILES string of the molecule is CCNC(Cc1ccn(C)n1)CC(C)OC. The maximum absolute atomic E-state index is 5.30. The fourth-order valence-electron chi connectivity index (χ4n) is 1.85. The monoisotopic (exact) mass is 225 g/mol. The van der Waals surface area contributed by atoms with Crippen molar-refractivity contribution in [3.8, 4) is 0 Å². The first-order valence-corrected chi connectivity index (χ1v) is 5.90. The summed E-state index contributed by atoms with van der Waals surface area (Å²) in [6, 6.07) is 2.51. The lowest BCUT2D eigenvalue weighted by Gasteiger charge is -2.20. The second kappa shape index (κ2) is 6.66. The third-order valence-corrected chi connectivity index (χ3v) is 2.74. The minimum atomic E-state index is 0.285. The number of ether oxygens (including phenoxy) is 1. The van der Waals surface area contributed by atoms with Gasteiger partial charge in [-0.1, -0.05) is 6.92 Å². The lowest BCUT2D eigenvalue weighted by molar-refractivity contribution is 0.100. The highest BCUT2D eigenvalue weighted by atomic mass is 16.5. The molecule has 92 valence electrons. The fraction of sp³-hybridized carbons (Fsp3) is 0.750. The number of hydrogen-bond acceptors (Lipinski definition) is 3. The molecule has 0 saturated heterocycles. The molecular formula is C12H23N3O. The molecule has 0 amide bonds. The molecule has 16 heavy (non-hydrogen) atoms. The zero-order valence-corrected chi connectivity index (χ0v) is 10.7. The molecule has 2 unspecified atom stereocenters. The van der Waals surface area contributed by atoms with E-state index in [2.05, 4.69) is 30.3 Å². The average molecular weight is 225 g/mol. The van der Waals surface area contributed by atoms with Crippen molar-refractivity contribution < 1.29 is 4.74 Å². The Balaban J connectivity index is 2.50. The third kappa shape index (κ3) is 4.33. The van der Waals surface area contributed by atoms with Gasteiger partial charge in [0.1, 0.15) is 0 Å². The number of likely N-dealkylation sites (N-methyl/N-ethyl adjacent to an activating group) is 1. The standard InChI is InChI=1S/C12H23N3O/c1-5-13-12(8-10(2)16-4)9-11-6-7-15(3)14-11/h6-7,10,12-13H,5,8-9H2,1-4H3. The minimum absolute atomic E-state index is 0.285. The molecule has 4 heteroatoms. The number of aryl methyl sites for hydroxylation is 1. The average Bonchev–Trinajstić information content (AvgIpc) is 2.64. The van der Waals surface area contributed by atoms with E-state index < -0.39 is 0 Å². The number of methoxy groups -OCH3 is 1. The molecule has 1 N–H and O–H groups in total. The Morgan fingerprint density at radius 3 is 2.81 bits per heavy atom. The van der Waals surface area contributed by atoms with Crippen molar-refractivity contribution in [1.82, 2.24) is 15.1 Å². The van der Waals surface area contributed by atoms with Gasteiger partial charge in [0, 0.05) is 32.8 Å². The van der Waals surface area contributed by atoms with Gasteiger partial charge < -0.3 is 10.1 Å². The molecule has 4 nitrogen and oxygen atoms in total. The molecule has 1 heterocycles. The highest BCUT2D eigenvalue weighted by molar-refractivity contribution is 5.01. The van der Waals surface area contributed by atoms with Crippen LogP contribution in [-0.2, 0) is 18.2 Å². The summed E-state index contributed by atoms with van der Waals surface area (Å²) in [5, 5.41) is 7.88. The Hall–Kier alpha value is -0.870. The van der Waals surface area contributed by atoms with Gasteiger partial charge in [-0.25, -0.2) is 0 Å². The third-order valence-electron chi connectivity index (χ3n) is 2.74. The van der Waals surface area contributed by atoms with Crippen molar-refractivity contribution in [1.29, 1.82) is 0 Å². The number of rotatable bonds is 7. The van der Waals surface area contributed by atoms with Crippen molar-refractivity contribution in [3.63, 3.8) is 0 Å². The van der Waals surface area contributed by atoms with E-state index in [4.69, 9.17) is 4.74 Å². The van der Waals surface area contributed by atoms with Crippen LogP contribution in [0.25, 0.3) is 0 Å². The Bertz CT molecular complexity index is 298. The van der Waals surface area contributed by atoms with Crippen LogP contribution in [-0.4, -0.2) is 35.6 Å². The molecule has 0 aliphatic rings. The molecule has 0 aromatic carbocycles. The summed E-state index contributed by atoms with van der Waals surface area (Å²) < 4.78 is 7.15. The van der Waals surface area contributed by atoms with E-state index >= 15 is 0 Å². The van der Waals surface area contributed by atoms with Crippen molar-refractivity contribution in [3.05, 3.63) is 18.0 Å². The molecular weight excluding hydrogens is 202 g/mol. The molecule has 0 fully saturated rings. The first kappa shape index (κ1) is 13.2. The maximum Gasteiger partial charge on any atom is 0.0640 e. The van der Waals surface area contributed by atoms with Crippen LogP contribution in [0.1, 0.15) is 26.0 Å². The van der Waals surface area contributed by atoms with E-state index in [0.717, 1.165) is 25.1 Å². The normalized spacial score (nSPS) is 15.0. The minimum Gasteiger partial charge on any atom is -0.382 e. The number of nitrogens with zero attached hydrogens (tertiary/aromatic N) is 2. The van der Waals surface area contributed by atoms with Crippen LogP contribution in [0.3, 0.4) is 0 Å². The van der Waals surface area contributed by atoms with Crippen LogP contribution in [0.5, 0.6) is 0 Å². The van der Waals surface area contributed by atoms with E-state index in [0.29, 0.717) is 6.04 Å². The van der Waals surface area contributed by atoms with Gasteiger partial charge in [0.25, 0.3) is 0 Å². The van der Waals surface area contributed by atoms with Crippen LogP contribution in [0.4, 0.5) is 0 Å². The summed E-state index contributed by atoms with van der Waals surface area (Å²) in [4.78, 5) is 0. The van der Waals surface area contributed by atoms with Gasteiger partial charge in [-0.15, -0.1) is 0 Å². The first-order chi connectivity index (χ1) is 7.65. The van der Waals surface area contributed by atoms with Gasteiger partial charge in [0.15, 0.2) is 0 Å². The second-order valence-corrected chi connectivity index (χ2v) is 4.22. The first-order valence-electron chi connectivity index (χ1n) is 5.90. The Morgan fingerprint density at radius 1 is 1.56 bits per heavy atom. The van der Waals surface area contributed by atoms with Crippen molar-refractivity contribution in [2.24, 2.45) is 7.05 Å². The van der Waals surface area contributed by atoms with Crippen LogP contribution >= 0.6 is 0 Å². The van der Waals surface area contributed by atoms with Gasteiger partial charge in [0.2, 0.25) is 0 Å². The Morgan fingerprint density at radius 2 is 2.31 bits per heavy atom. The summed E-state index contributed by atoms with van der Waals surface area (Å²) in [5.74, 6) is 0. The van der Waals surface area contributed by atoms with Crippen molar-refractivity contribution >= 4 is 0 Å². The highest BCUT2D eigenvalue weighted by Crippen LogP contribution is 2.07. The van der Waals surface area contributed by atoms with Gasteiger partial charge in [-0.05, 0) is 26.0 Å². The van der Waals surface area contributed by atoms with Gasteiger partial charge in [0.05, 0.1) is 11.8 Å². The molecule has 0 spiro atoms. The fourth-order valence-corrected chi connectivity index (χ4v) is 1.85. The number of hydrogen-bond donors (Lipinski definition) is 1. The smallest absolute Gasteiger partial charge is 0.0640 e. The molecule has 2 atom stereocenters. The van der Waals surface area contributed by atoms with Gasteiger partial charge in [-0.3, -0.25) is 4.68 Å². The second-order valence-electron chi connectivity index (χ2n) is 4.22. The Kier molecular flexibility index (Phi) is 5.49. The topological polar surface area (TPSA) is 39.1 Å². The van der Waals surface area contributed by atoms with Gasteiger partial charge >= 0.3 is 0 Å². The molecule has 0 radical (unpaired) electrons. The van der Waals surface area contributed by atoms with E-state index in [-0.39, 0.29) is 6.10 Å².